The molecule has 0 amide bonds. The van der Waals surface area contributed by atoms with E-state index in [1.165, 1.54) is 41.4 Å². The number of carboxylic acid groups (broad SMARTS) is 1. The molecule has 0 spiro atoms. The number of rotatable bonds is 6. The molecule has 3 aromatic carbocycles. The van der Waals surface area contributed by atoms with Crippen molar-refractivity contribution in [2.45, 2.75) is 55.6 Å². The minimum atomic E-state index is -0.250. The standard InChI is InChI=1S/C26H28ClNO2S.CH2O2/c27-21-7-10-23(11-8-21)29-24-13-15-28(16-14-24)31-26-12-6-19-17-25(9-5-20(19)18-26)30-22-3-1-2-4-22;2-1-3/h5-12,17-18,22,24H,1-4,13-16H2;1H,(H,2,3). The van der Waals surface area contributed by atoms with Crippen LogP contribution < -0.4 is 9.47 Å². The zero-order valence-electron chi connectivity index (χ0n) is 19.1. The predicted molar refractivity (Wildman–Crippen MR) is 138 cm³/mol. The van der Waals surface area contributed by atoms with Crippen LogP contribution in [-0.4, -0.2) is 41.2 Å². The number of halogens is 1. The van der Waals surface area contributed by atoms with Crippen molar-refractivity contribution in [1.29, 1.82) is 0 Å². The lowest BCUT2D eigenvalue weighted by atomic mass is 10.1. The topological polar surface area (TPSA) is 59.0 Å². The summed E-state index contributed by atoms with van der Waals surface area (Å²) in [6.07, 6.45) is 7.71. The number of benzene rings is 3. The number of hydrogen-bond acceptors (Lipinski definition) is 5. The van der Waals surface area contributed by atoms with Crippen LogP contribution in [0.2, 0.25) is 5.02 Å². The molecule has 5 nitrogen and oxygen atoms in total. The summed E-state index contributed by atoms with van der Waals surface area (Å²) < 4.78 is 14.7. The molecule has 5 rings (SSSR count). The maximum absolute atomic E-state index is 8.36. The first kappa shape index (κ1) is 24.7. The number of carbonyl (C=O) groups is 1. The Morgan fingerprint density at radius 2 is 1.38 bits per heavy atom. The molecule has 3 aromatic rings. The minimum absolute atomic E-state index is 0.250. The van der Waals surface area contributed by atoms with Crippen LogP contribution in [0.1, 0.15) is 38.5 Å². The van der Waals surface area contributed by atoms with Crippen molar-refractivity contribution in [1.82, 2.24) is 4.31 Å². The smallest absolute Gasteiger partial charge is 0.290 e. The van der Waals surface area contributed by atoms with Gasteiger partial charge in [0.25, 0.3) is 6.47 Å². The van der Waals surface area contributed by atoms with Gasteiger partial charge in [0.2, 0.25) is 0 Å². The molecule has 180 valence electrons. The van der Waals surface area contributed by atoms with E-state index in [1.807, 2.05) is 36.2 Å². The van der Waals surface area contributed by atoms with Crippen LogP contribution >= 0.6 is 23.5 Å². The zero-order chi connectivity index (χ0) is 23.8. The normalized spacial score (nSPS) is 17.2. The van der Waals surface area contributed by atoms with E-state index in [9.17, 15) is 0 Å². The van der Waals surface area contributed by atoms with Gasteiger partial charge >= 0.3 is 0 Å². The number of piperidine rings is 1. The van der Waals surface area contributed by atoms with Crippen LogP contribution in [0.15, 0.2) is 65.6 Å². The van der Waals surface area contributed by atoms with E-state index in [0.717, 1.165) is 42.5 Å². The van der Waals surface area contributed by atoms with Gasteiger partial charge in [0.1, 0.15) is 17.6 Å². The Kier molecular flexibility index (Phi) is 8.97. The van der Waals surface area contributed by atoms with E-state index >= 15 is 0 Å². The molecule has 0 unspecified atom stereocenters. The summed E-state index contributed by atoms with van der Waals surface area (Å²) >= 11 is 7.81. The molecule has 0 aromatic heterocycles. The molecular formula is C27H30ClNO4S. The average Bonchev–Trinajstić information content (AvgIpc) is 3.35. The SMILES string of the molecule is Clc1ccc(OC2CCN(Sc3ccc4cc(OC5CCCC5)ccc4c3)CC2)cc1.O=CO. The van der Waals surface area contributed by atoms with Crippen molar-refractivity contribution in [3.8, 4) is 11.5 Å². The van der Waals surface area contributed by atoms with Crippen LogP contribution in [0.25, 0.3) is 10.8 Å². The van der Waals surface area contributed by atoms with Gasteiger partial charge in [-0.25, -0.2) is 4.31 Å². The summed E-state index contributed by atoms with van der Waals surface area (Å²) in [5.74, 6) is 1.91. The van der Waals surface area contributed by atoms with Gasteiger partial charge in [0.15, 0.2) is 0 Å². The number of nitrogens with zero attached hydrogens (tertiary/aromatic N) is 1. The average molecular weight is 500 g/mol. The highest BCUT2D eigenvalue weighted by Crippen LogP contribution is 2.32. The van der Waals surface area contributed by atoms with Crippen LogP contribution in [0.3, 0.4) is 0 Å². The third kappa shape index (κ3) is 7.05. The second-order valence-electron chi connectivity index (χ2n) is 8.59. The minimum Gasteiger partial charge on any atom is -0.490 e. The first-order valence-corrected chi connectivity index (χ1v) is 12.9. The molecule has 1 heterocycles. The van der Waals surface area contributed by atoms with Crippen molar-refractivity contribution in [3.63, 3.8) is 0 Å². The molecule has 0 radical (unpaired) electrons. The highest BCUT2D eigenvalue weighted by Gasteiger charge is 2.21. The van der Waals surface area contributed by atoms with Crippen molar-refractivity contribution < 1.29 is 19.4 Å². The molecule has 34 heavy (non-hydrogen) atoms. The van der Waals surface area contributed by atoms with Crippen LogP contribution in [0, 0.1) is 0 Å². The van der Waals surface area contributed by atoms with Crippen molar-refractivity contribution in [3.05, 3.63) is 65.7 Å². The fourth-order valence-electron chi connectivity index (χ4n) is 4.43. The first-order chi connectivity index (χ1) is 16.6. The third-order valence-corrected chi connectivity index (χ3v) is 7.48. The fraction of sp³-hybridized carbons (Fsp3) is 0.370. The lowest BCUT2D eigenvalue weighted by Gasteiger charge is -2.31. The van der Waals surface area contributed by atoms with Gasteiger partial charge in [-0.05, 0) is 110 Å². The Labute approximate surface area is 210 Å². The molecule has 1 aliphatic carbocycles. The highest BCUT2D eigenvalue weighted by atomic mass is 35.5. The molecule has 0 bridgehead atoms. The van der Waals surface area contributed by atoms with Gasteiger partial charge in [-0.15, -0.1) is 0 Å². The first-order valence-electron chi connectivity index (χ1n) is 11.8. The number of hydrogen-bond donors (Lipinski definition) is 1. The van der Waals surface area contributed by atoms with E-state index in [1.54, 1.807) is 0 Å². The lowest BCUT2D eigenvalue weighted by molar-refractivity contribution is -0.122. The Bertz CT molecular complexity index is 1060. The largest absolute Gasteiger partial charge is 0.490 e. The summed E-state index contributed by atoms with van der Waals surface area (Å²) in [5, 5.41) is 10.1. The predicted octanol–water partition coefficient (Wildman–Crippen LogP) is 7.07. The maximum Gasteiger partial charge on any atom is 0.290 e. The molecule has 1 saturated carbocycles. The van der Waals surface area contributed by atoms with Gasteiger partial charge in [0.05, 0.1) is 6.10 Å². The Balaban J connectivity index is 0.000000868. The van der Waals surface area contributed by atoms with E-state index in [-0.39, 0.29) is 12.6 Å². The lowest BCUT2D eigenvalue weighted by Crippen LogP contribution is -2.34. The number of fused-ring (bicyclic) bond motifs is 1. The molecule has 1 saturated heterocycles. The molecular weight excluding hydrogens is 470 g/mol. The van der Waals surface area contributed by atoms with Gasteiger partial charge in [0, 0.05) is 23.0 Å². The summed E-state index contributed by atoms with van der Waals surface area (Å²) in [4.78, 5) is 9.65. The highest BCUT2D eigenvalue weighted by molar-refractivity contribution is 7.97. The van der Waals surface area contributed by atoms with E-state index in [0.29, 0.717) is 6.10 Å². The third-order valence-electron chi connectivity index (χ3n) is 6.14. The summed E-state index contributed by atoms with van der Waals surface area (Å²) in [7, 11) is 0. The van der Waals surface area contributed by atoms with Crippen LogP contribution in [0.5, 0.6) is 11.5 Å². The van der Waals surface area contributed by atoms with Crippen LogP contribution in [0.4, 0.5) is 0 Å². The molecule has 2 aliphatic rings. The summed E-state index contributed by atoms with van der Waals surface area (Å²) in [5.41, 5.74) is 0. The quantitative estimate of drug-likeness (QED) is 0.289. The van der Waals surface area contributed by atoms with Gasteiger partial charge in [-0.2, -0.15) is 0 Å². The van der Waals surface area contributed by atoms with Crippen molar-refractivity contribution in [2.75, 3.05) is 13.1 Å². The zero-order valence-corrected chi connectivity index (χ0v) is 20.6. The Morgan fingerprint density at radius 3 is 2.09 bits per heavy atom. The van der Waals surface area contributed by atoms with Crippen LogP contribution in [-0.2, 0) is 4.79 Å². The second kappa shape index (κ2) is 12.3. The van der Waals surface area contributed by atoms with E-state index < -0.39 is 0 Å². The molecule has 2 fully saturated rings. The molecule has 7 heteroatoms. The molecule has 1 N–H and O–H groups in total. The summed E-state index contributed by atoms with van der Waals surface area (Å²) in [6.45, 7) is 1.80. The second-order valence-corrected chi connectivity index (χ2v) is 10.2. The molecule has 1 aliphatic heterocycles. The van der Waals surface area contributed by atoms with E-state index in [2.05, 4.69) is 40.7 Å². The van der Waals surface area contributed by atoms with Crippen molar-refractivity contribution in [2.24, 2.45) is 0 Å². The maximum atomic E-state index is 8.36. The van der Waals surface area contributed by atoms with Gasteiger partial charge < -0.3 is 14.6 Å². The summed E-state index contributed by atoms with van der Waals surface area (Å²) in [6, 6.07) is 20.9. The van der Waals surface area contributed by atoms with E-state index in [4.69, 9.17) is 31.0 Å². The van der Waals surface area contributed by atoms with Gasteiger partial charge in [-0.1, -0.05) is 23.7 Å². The number of ether oxygens (including phenoxy) is 2. The van der Waals surface area contributed by atoms with Gasteiger partial charge in [-0.3, -0.25) is 4.79 Å². The Morgan fingerprint density at radius 1 is 0.824 bits per heavy atom. The van der Waals surface area contributed by atoms with Crippen molar-refractivity contribution >= 4 is 40.8 Å². The Hall–Kier alpha value is -2.41. The monoisotopic (exact) mass is 499 g/mol. The molecule has 0 atom stereocenters. The fourth-order valence-corrected chi connectivity index (χ4v) is 5.55.